The van der Waals surface area contributed by atoms with Gasteiger partial charge in [-0.3, -0.25) is 9.78 Å². The number of pyridine rings is 1. The maximum atomic E-state index is 13.0. The van der Waals surface area contributed by atoms with Crippen LogP contribution in [0.5, 0.6) is 5.75 Å². The molecule has 3 aromatic carbocycles. The fourth-order valence-corrected chi connectivity index (χ4v) is 3.54. The fourth-order valence-electron chi connectivity index (χ4n) is 3.54. The van der Waals surface area contributed by atoms with Crippen molar-refractivity contribution in [2.75, 3.05) is 17.7 Å². The molecule has 8 heteroatoms. The minimum absolute atomic E-state index is 0.321. The van der Waals surface area contributed by atoms with Crippen LogP contribution in [0.4, 0.5) is 24.5 Å². The van der Waals surface area contributed by atoms with Crippen LogP contribution in [-0.4, -0.2) is 17.5 Å². The van der Waals surface area contributed by atoms with Crippen LogP contribution in [0.3, 0.4) is 0 Å². The van der Waals surface area contributed by atoms with E-state index in [4.69, 9.17) is 10.5 Å². The van der Waals surface area contributed by atoms with Gasteiger partial charge in [0.05, 0.1) is 17.9 Å². The molecular formula is C27H22F3N3O2. The Morgan fingerprint density at radius 3 is 2.37 bits per heavy atom. The first-order valence-corrected chi connectivity index (χ1v) is 10.8. The van der Waals surface area contributed by atoms with Crippen molar-refractivity contribution in [1.29, 1.82) is 0 Å². The highest BCUT2D eigenvalue weighted by Gasteiger charge is 2.30. The highest BCUT2D eigenvalue weighted by molar-refractivity contribution is 6.08. The molecule has 0 aliphatic heterocycles. The number of nitrogens with two attached hydrogens (primary N) is 1. The van der Waals surface area contributed by atoms with Gasteiger partial charge in [0.25, 0.3) is 5.91 Å². The Morgan fingerprint density at radius 2 is 1.69 bits per heavy atom. The first-order valence-electron chi connectivity index (χ1n) is 10.8. The second kappa shape index (κ2) is 10.3. The molecule has 0 atom stereocenters. The van der Waals surface area contributed by atoms with Crippen LogP contribution in [0.25, 0.3) is 11.1 Å². The number of hydrogen-bond donors (Lipinski definition) is 2. The summed E-state index contributed by atoms with van der Waals surface area (Å²) in [5.74, 6) is 0.0767. The summed E-state index contributed by atoms with van der Waals surface area (Å²) in [7, 11) is 0. The van der Waals surface area contributed by atoms with Crippen LogP contribution in [-0.2, 0) is 12.6 Å². The van der Waals surface area contributed by atoms with Gasteiger partial charge in [-0.15, -0.1) is 0 Å². The second-order valence-corrected chi connectivity index (χ2v) is 7.75. The maximum Gasteiger partial charge on any atom is 0.416 e. The summed E-state index contributed by atoms with van der Waals surface area (Å²) in [5, 5.41) is 2.79. The van der Waals surface area contributed by atoms with E-state index < -0.39 is 17.6 Å². The average Bonchev–Trinajstić information content (AvgIpc) is 2.85. The van der Waals surface area contributed by atoms with Gasteiger partial charge in [-0.05, 0) is 59.7 Å². The van der Waals surface area contributed by atoms with Crippen LogP contribution >= 0.6 is 0 Å². The van der Waals surface area contributed by atoms with E-state index in [0.29, 0.717) is 46.8 Å². The Hall–Kier alpha value is -4.33. The van der Waals surface area contributed by atoms with Crippen molar-refractivity contribution < 1.29 is 22.7 Å². The molecule has 0 aliphatic carbocycles. The monoisotopic (exact) mass is 477 g/mol. The number of aromatic nitrogens is 1. The molecule has 0 fully saturated rings. The van der Waals surface area contributed by atoms with Crippen molar-refractivity contribution in [3.8, 4) is 16.9 Å². The van der Waals surface area contributed by atoms with E-state index in [-0.39, 0.29) is 0 Å². The Labute approximate surface area is 200 Å². The van der Waals surface area contributed by atoms with Gasteiger partial charge in [-0.1, -0.05) is 36.4 Å². The first-order chi connectivity index (χ1) is 16.8. The molecule has 178 valence electrons. The minimum atomic E-state index is -4.43. The third-order valence-electron chi connectivity index (χ3n) is 5.30. The molecular weight excluding hydrogens is 455 g/mol. The number of benzene rings is 3. The van der Waals surface area contributed by atoms with Crippen LogP contribution in [0.2, 0.25) is 0 Å². The van der Waals surface area contributed by atoms with Gasteiger partial charge in [0.2, 0.25) is 0 Å². The molecule has 0 saturated heterocycles. The summed E-state index contributed by atoms with van der Waals surface area (Å²) < 4.78 is 44.4. The highest BCUT2D eigenvalue weighted by Crippen LogP contribution is 2.32. The van der Waals surface area contributed by atoms with Crippen molar-refractivity contribution >= 4 is 17.3 Å². The molecule has 0 radical (unpaired) electrons. The number of halogens is 3. The number of nitrogen functional groups attached to an aromatic ring is 1. The van der Waals surface area contributed by atoms with Gasteiger partial charge in [0, 0.05) is 29.6 Å². The van der Waals surface area contributed by atoms with Gasteiger partial charge < -0.3 is 15.8 Å². The lowest BCUT2D eigenvalue weighted by molar-refractivity contribution is -0.137. The number of nitrogens with zero attached hydrogens (tertiary/aromatic N) is 1. The van der Waals surface area contributed by atoms with Crippen molar-refractivity contribution in [2.24, 2.45) is 0 Å². The molecule has 0 aliphatic rings. The number of rotatable bonds is 7. The Kier molecular flexibility index (Phi) is 7.01. The molecule has 0 spiro atoms. The van der Waals surface area contributed by atoms with Crippen molar-refractivity contribution in [1.82, 2.24) is 4.98 Å². The van der Waals surface area contributed by atoms with Gasteiger partial charge in [-0.2, -0.15) is 13.2 Å². The van der Waals surface area contributed by atoms with Gasteiger partial charge in [0.1, 0.15) is 5.75 Å². The molecule has 5 nitrogen and oxygen atoms in total. The fraction of sp³-hybridized carbons (Fsp3) is 0.111. The zero-order chi connectivity index (χ0) is 24.8. The number of nitrogens with one attached hydrogen (secondary N) is 1. The predicted octanol–water partition coefficient (Wildman–Crippen LogP) is 6.22. The molecule has 4 aromatic rings. The van der Waals surface area contributed by atoms with Crippen molar-refractivity contribution in [2.45, 2.75) is 12.6 Å². The lowest BCUT2D eigenvalue weighted by atomic mass is 9.98. The summed E-state index contributed by atoms with van der Waals surface area (Å²) in [4.78, 5) is 17.2. The number of carbonyl (C=O) groups is 1. The molecule has 3 N–H and O–H groups in total. The first kappa shape index (κ1) is 23.8. The van der Waals surface area contributed by atoms with E-state index in [1.165, 1.54) is 12.1 Å². The second-order valence-electron chi connectivity index (χ2n) is 7.75. The van der Waals surface area contributed by atoms with E-state index in [0.717, 1.165) is 17.8 Å². The number of amides is 1. The van der Waals surface area contributed by atoms with E-state index >= 15 is 0 Å². The average molecular weight is 477 g/mol. The third-order valence-corrected chi connectivity index (χ3v) is 5.30. The smallest absolute Gasteiger partial charge is 0.416 e. The predicted molar refractivity (Wildman–Crippen MR) is 129 cm³/mol. The van der Waals surface area contributed by atoms with E-state index in [2.05, 4.69) is 10.3 Å². The molecule has 1 amide bonds. The Bertz CT molecular complexity index is 1310. The van der Waals surface area contributed by atoms with Gasteiger partial charge >= 0.3 is 6.18 Å². The molecule has 0 unspecified atom stereocenters. The van der Waals surface area contributed by atoms with E-state index in [1.54, 1.807) is 48.7 Å². The largest absolute Gasteiger partial charge is 0.491 e. The summed E-state index contributed by atoms with van der Waals surface area (Å²) in [6.45, 7) is 0.396. The van der Waals surface area contributed by atoms with Gasteiger partial charge in [-0.25, -0.2) is 0 Å². The minimum Gasteiger partial charge on any atom is -0.491 e. The standard InChI is InChI=1S/C27H22F3N3O2/c28-27(29,30)19-10-8-18(9-11-19)22-6-1-2-7-23(22)26(34)33-21-12-13-25(24(31)17-21)35-16-14-20-5-3-4-15-32-20/h1-13,15,17H,14,16,31H2,(H,33,34). The summed E-state index contributed by atoms with van der Waals surface area (Å²) in [5.41, 5.74) is 8.42. The highest BCUT2D eigenvalue weighted by atomic mass is 19.4. The van der Waals surface area contributed by atoms with Crippen LogP contribution < -0.4 is 15.8 Å². The SMILES string of the molecule is Nc1cc(NC(=O)c2ccccc2-c2ccc(C(F)(F)F)cc2)ccc1OCCc1ccccn1. The molecule has 35 heavy (non-hydrogen) atoms. The zero-order valence-corrected chi connectivity index (χ0v) is 18.5. The summed E-state index contributed by atoms with van der Waals surface area (Å²) in [6, 6.07) is 22.0. The summed E-state index contributed by atoms with van der Waals surface area (Å²) in [6.07, 6.45) is -2.08. The lowest BCUT2D eigenvalue weighted by Gasteiger charge is -2.13. The number of anilines is 2. The van der Waals surface area contributed by atoms with E-state index in [1.807, 2.05) is 18.2 Å². The number of ether oxygens (including phenoxy) is 1. The Balaban J connectivity index is 1.45. The molecule has 1 heterocycles. The molecule has 4 rings (SSSR count). The number of alkyl halides is 3. The van der Waals surface area contributed by atoms with Crippen LogP contribution in [0, 0.1) is 0 Å². The third kappa shape index (κ3) is 5.97. The van der Waals surface area contributed by atoms with Crippen LogP contribution in [0.1, 0.15) is 21.6 Å². The Morgan fingerprint density at radius 1 is 0.943 bits per heavy atom. The number of hydrogen-bond acceptors (Lipinski definition) is 4. The molecule has 0 bridgehead atoms. The maximum absolute atomic E-state index is 13.0. The topological polar surface area (TPSA) is 77.2 Å². The quantitative estimate of drug-likeness (QED) is 0.310. The molecule has 0 saturated carbocycles. The molecule has 1 aromatic heterocycles. The van der Waals surface area contributed by atoms with Crippen molar-refractivity contribution in [3.63, 3.8) is 0 Å². The number of carbonyl (C=O) groups excluding carboxylic acids is 1. The van der Waals surface area contributed by atoms with Crippen LogP contribution in [0.15, 0.2) is 91.1 Å². The zero-order valence-electron chi connectivity index (χ0n) is 18.5. The summed E-state index contributed by atoms with van der Waals surface area (Å²) >= 11 is 0. The van der Waals surface area contributed by atoms with Gasteiger partial charge in [0.15, 0.2) is 0 Å². The van der Waals surface area contributed by atoms with Crippen molar-refractivity contribution in [3.05, 3.63) is 108 Å². The lowest BCUT2D eigenvalue weighted by Crippen LogP contribution is -2.13. The normalized spacial score (nSPS) is 11.2. The van der Waals surface area contributed by atoms with E-state index in [9.17, 15) is 18.0 Å².